The fourth-order valence-corrected chi connectivity index (χ4v) is 3.66. The summed E-state index contributed by atoms with van der Waals surface area (Å²) in [5.41, 5.74) is 1.94. The van der Waals surface area contributed by atoms with E-state index in [9.17, 15) is 14.0 Å². The van der Waals surface area contributed by atoms with Crippen molar-refractivity contribution in [2.24, 2.45) is 0 Å². The number of ether oxygens (including phenoxy) is 2. The van der Waals surface area contributed by atoms with Gasteiger partial charge in [-0.15, -0.1) is 5.10 Å². The molecule has 0 bridgehead atoms. The lowest BCUT2D eigenvalue weighted by molar-refractivity contribution is 0.177. The molecule has 0 aliphatic carbocycles. The molecule has 0 N–H and O–H groups in total. The summed E-state index contributed by atoms with van der Waals surface area (Å²) in [4.78, 5) is 8.59. The highest BCUT2D eigenvalue weighted by Gasteiger charge is 2.19. The second kappa shape index (κ2) is 9.34. The maximum absolute atomic E-state index is 14.5. The van der Waals surface area contributed by atoms with Crippen LogP contribution in [-0.4, -0.2) is 53.0 Å². The average Bonchev–Trinajstić information content (AvgIpc) is 3.54. The third kappa shape index (κ3) is 4.27. The van der Waals surface area contributed by atoms with E-state index in [0.717, 1.165) is 6.07 Å². The van der Waals surface area contributed by atoms with Crippen molar-refractivity contribution in [1.29, 1.82) is 5.26 Å². The highest BCUT2D eigenvalue weighted by atomic mass is 19.1. The Balaban J connectivity index is 1.53. The van der Waals surface area contributed by atoms with Crippen molar-refractivity contribution >= 4 is 5.65 Å². The van der Waals surface area contributed by atoms with Crippen molar-refractivity contribution < 1.29 is 18.3 Å². The summed E-state index contributed by atoms with van der Waals surface area (Å²) in [6.45, 7) is 2.02. The zero-order valence-electron chi connectivity index (χ0n) is 19.0. The van der Waals surface area contributed by atoms with Crippen LogP contribution in [0.15, 0.2) is 48.9 Å². The van der Waals surface area contributed by atoms with Crippen LogP contribution in [0.1, 0.15) is 12.5 Å². The molecule has 0 amide bonds. The molecular weight excluding hydrogens is 472 g/mol. The Bertz CT molecular complexity index is 1600. The Kier molecular flexibility index (Phi) is 5.91. The van der Waals surface area contributed by atoms with Crippen LogP contribution < -0.4 is 9.47 Å². The molecule has 0 unspecified atom stereocenters. The summed E-state index contributed by atoms with van der Waals surface area (Å²) in [7, 11) is 1.35. The van der Waals surface area contributed by atoms with Crippen LogP contribution in [0.3, 0.4) is 0 Å². The summed E-state index contributed by atoms with van der Waals surface area (Å²) >= 11 is 0. The van der Waals surface area contributed by atoms with Gasteiger partial charge < -0.3 is 9.47 Å². The maximum atomic E-state index is 14.5. The highest BCUT2D eigenvalue weighted by molar-refractivity contribution is 5.73. The molecule has 0 fully saturated rings. The lowest BCUT2D eigenvalue weighted by Gasteiger charge is -2.14. The standard InChI is InChI=1S/C23H17F2N9O2/c1-13(11-33-12-28-31-32-33)36-23-17(25)3-4-18(29-23)19-5-6-22-27-10-20(34(22)30-19)15-7-14(24)8-21(35-2)16(15)9-26/h3-8,10,12-13H,11H2,1-2H3/t13-/m0/s1. The maximum Gasteiger partial charge on any atom is 0.251 e. The van der Waals surface area contributed by atoms with Crippen molar-refractivity contribution in [1.82, 2.24) is 39.8 Å². The average molecular weight is 489 g/mol. The van der Waals surface area contributed by atoms with Crippen molar-refractivity contribution in [2.45, 2.75) is 19.6 Å². The number of pyridine rings is 1. The van der Waals surface area contributed by atoms with E-state index >= 15 is 0 Å². The van der Waals surface area contributed by atoms with Gasteiger partial charge in [-0.05, 0) is 47.7 Å². The normalized spacial score (nSPS) is 11.9. The Morgan fingerprint density at radius 2 is 1.97 bits per heavy atom. The largest absolute Gasteiger partial charge is 0.495 e. The molecule has 0 saturated carbocycles. The van der Waals surface area contributed by atoms with Gasteiger partial charge in [0.05, 0.1) is 31.2 Å². The minimum Gasteiger partial charge on any atom is -0.495 e. The molecule has 11 nitrogen and oxygen atoms in total. The van der Waals surface area contributed by atoms with Gasteiger partial charge in [-0.3, -0.25) is 0 Å². The molecule has 1 aromatic carbocycles. The Morgan fingerprint density at radius 3 is 2.72 bits per heavy atom. The van der Waals surface area contributed by atoms with E-state index in [1.165, 1.54) is 47.0 Å². The van der Waals surface area contributed by atoms with Crippen LogP contribution in [0.5, 0.6) is 11.6 Å². The number of hydrogen-bond acceptors (Lipinski definition) is 9. The summed E-state index contributed by atoms with van der Waals surface area (Å²) in [5, 5.41) is 25.1. The molecule has 0 radical (unpaired) electrons. The molecule has 0 spiro atoms. The number of imidazole rings is 1. The van der Waals surface area contributed by atoms with E-state index in [1.807, 2.05) is 6.07 Å². The second-order valence-corrected chi connectivity index (χ2v) is 7.72. The topological polar surface area (TPSA) is 129 Å². The molecule has 0 saturated heterocycles. The monoisotopic (exact) mass is 489 g/mol. The van der Waals surface area contributed by atoms with Crippen LogP contribution in [-0.2, 0) is 6.54 Å². The van der Waals surface area contributed by atoms with Gasteiger partial charge in [0.15, 0.2) is 11.5 Å². The number of nitrogens with zero attached hydrogens (tertiary/aromatic N) is 9. The molecule has 36 heavy (non-hydrogen) atoms. The predicted molar refractivity (Wildman–Crippen MR) is 121 cm³/mol. The lowest BCUT2D eigenvalue weighted by Crippen LogP contribution is -2.21. The van der Waals surface area contributed by atoms with Crippen LogP contribution in [0, 0.1) is 23.0 Å². The molecule has 13 heteroatoms. The first kappa shape index (κ1) is 22.8. The Labute approximate surface area is 202 Å². The van der Waals surface area contributed by atoms with E-state index in [0.29, 0.717) is 29.3 Å². The minimum absolute atomic E-state index is 0.0939. The molecular formula is C23H17F2N9O2. The number of benzene rings is 1. The molecule has 0 aliphatic rings. The van der Waals surface area contributed by atoms with Crippen LogP contribution in [0.2, 0.25) is 0 Å². The minimum atomic E-state index is -0.641. The number of rotatable bonds is 7. The van der Waals surface area contributed by atoms with Crippen LogP contribution >= 0.6 is 0 Å². The van der Waals surface area contributed by atoms with Crippen molar-refractivity contribution in [3.8, 4) is 40.3 Å². The van der Waals surface area contributed by atoms with Crippen LogP contribution in [0.25, 0.3) is 28.3 Å². The summed E-state index contributed by atoms with van der Waals surface area (Å²) in [6, 6.07) is 10.4. The van der Waals surface area contributed by atoms with E-state index < -0.39 is 17.7 Å². The molecule has 5 rings (SSSR count). The fraction of sp³-hybridized carbons (Fsp3) is 0.174. The summed E-state index contributed by atoms with van der Waals surface area (Å²) < 4.78 is 42.5. The predicted octanol–water partition coefficient (Wildman–Crippen LogP) is 3.07. The number of aromatic nitrogens is 8. The van der Waals surface area contributed by atoms with E-state index in [1.54, 1.807) is 19.1 Å². The zero-order chi connectivity index (χ0) is 25.2. The molecule has 0 aliphatic heterocycles. The number of methoxy groups -OCH3 is 1. The van der Waals surface area contributed by atoms with Gasteiger partial charge in [0, 0.05) is 11.6 Å². The van der Waals surface area contributed by atoms with E-state index in [2.05, 4.69) is 30.6 Å². The number of hydrogen-bond donors (Lipinski definition) is 0. The lowest BCUT2D eigenvalue weighted by atomic mass is 10.0. The molecule has 180 valence electrons. The SMILES string of the molecule is COc1cc(F)cc(-c2cnc3ccc(-c4ccc(F)c(O[C@@H](C)Cn5cnnn5)n4)nn23)c1C#N. The van der Waals surface area contributed by atoms with E-state index in [-0.39, 0.29) is 22.8 Å². The first-order valence-corrected chi connectivity index (χ1v) is 10.6. The Morgan fingerprint density at radius 1 is 1.14 bits per heavy atom. The number of nitriles is 1. The first-order valence-electron chi connectivity index (χ1n) is 10.6. The van der Waals surface area contributed by atoms with Crippen molar-refractivity contribution in [3.05, 3.63) is 66.1 Å². The third-order valence-electron chi connectivity index (χ3n) is 5.26. The molecule has 4 aromatic heterocycles. The van der Waals surface area contributed by atoms with Crippen molar-refractivity contribution in [2.75, 3.05) is 7.11 Å². The van der Waals surface area contributed by atoms with Gasteiger partial charge in [-0.25, -0.2) is 27.9 Å². The number of halogens is 2. The third-order valence-corrected chi connectivity index (χ3v) is 5.26. The molecule has 4 heterocycles. The van der Waals surface area contributed by atoms with Crippen molar-refractivity contribution in [3.63, 3.8) is 0 Å². The summed E-state index contributed by atoms with van der Waals surface area (Å²) in [6.07, 6.45) is 2.43. The van der Waals surface area contributed by atoms with Gasteiger partial charge in [-0.1, -0.05) is 0 Å². The molecule has 5 aromatic rings. The van der Waals surface area contributed by atoms with E-state index in [4.69, 9.17) is 9.47 Å². The highest BCUT2D eigenvalue weighted by Crippen LogP contribution is 2.32. The fourth-order valence-electron chi connectivity index (χ4n) is 3.66. The van der Waals surface area contributed by atoms with Gasteiger partial charge in [0.2, 0.25) is 0 Å². The second-order valence-electron chi connectivity index (χ2n) is 7.72. The summed E-state index contributed by atoms with van der Waals surface area (Å²) in [5.74, 6) is -1.33. The van der Waals surface area contributed by atoms with Gasteiger partial charge in [0.1, 0.15) is 41.3 Å². The number of fused-ring (bicyclic) bond motifs is 1. The zero-order valence-corrected chi connectivity index (χ0v) is 19.0. The first-order chi connectivity index (χ1) is 17.5. The smallest absolute Gasteiger partial charge is 0.251 e. The van der Waals surface area contributed by atoms with Gasteiger partial charge in [-0.2, -0.15) is 10.4 Å². The number of tetrazole rings is 1. The van der Waals surface area contributed by atoms with Crippen LogP contribution in [0.4, 0.5) is 8.78 Å². The quantitative estimate of drug-likeness (QED) is 0.339. The Hall–Kier alpha value is -4.99. The molecule has 1 atom stereocenters. The van der Waals surface area contributed by atoms with Gasteiger partial charge in [0.25, 0.3) is 5.88 Å². The van der Waals surface area contributed by atoms with Gasteiger partial charge >= 0.3 is 0 Å².